The van der Waals surface area contributed by atoms with E-state index in [1.54, 1.807) is 18.3 Å². The Morgan fingerprint density at radius 3 is 2.62 bits per heavy atom. The molecule has 0 unspecified atom stereocenters. The monoisotopic (exact) mass is 282 g/mol. The first-order chi connectivity index (χ1) is 10.3. The molecule has 1 aromatic carbocycles. The molecule has 5 nitrogen and oxygen atoms in total. The highest BCUT2D eigenvalue weighted by Crippen LogP contribution is 2.20. The van der Waals surface area contributed by atoms with Crippen molar-refractivity contribution < 1.29 is 14.4 Å². The lowest BCUT2D eigenvalue weighted by Crippen LogP contribution is -1.97. The maximum atomic E-state index is 8.92. The van der Waals surface area contributed by atoms with Crippen molar-refractivity contribution >= 4 is 0 Å². The molecule has 0 aliphatic carbocycles. The summed E-state index contributed by atoms with van der Waals surface area (Å²) in [4.78, 5) is 4.04. The molecule has 106 valence electrons. The van der Waals surface area contributed by atoms with Gasteiger partial charge in [-0.15, -0.1) is 0 Å². The van der Waals surface area contributed by atoms with Crippen LogP contribution in [0.2, 0.25) is 0 Å². The summed E-state index contributed by atoms with van der Waals surface area (Å²) in [5, 5.41) is 12.9. The minimum Gasteiger partial charge on any atom is -0.486 e. The van der Waals surface area contributed by atoms with Gasteiger partial charge >= 0.3 is 0 Å². The summed E-state index contributed by atoms with van der Waals surface area (Å²) < 4.78 is 10.9. The zero-order valence-electron chi connectivity index (χ0n) is 11.3. The van der Waals surface area contributed by atoms with Crippen molar-refractivity contribution in [1.82, 2.24) is 10.1 Å². The second-order valence-corrected chi connectivity index (χ2v) is 4.48. The predicted octanol–water partition coefficient (Wildman–Crippen LogP) is 2.81. The number of benzene rings is 1. The molecule has 2 aromatic heterocycles. The molecule has 0 amide bonds. The molecule has 3 rings (SSSR count). The second kappa shape index (κ2) is 6.19. The molecule has 0 aliphatic rings. The topological polar surface area (TPSA) is 68.4 Å². The van der Waals surface area contributed by atoms with Crippen molar-refractivity contribution in [3.63, 3.8) is 0 Å². The van der Waals surface area contributed by atoms with Gasteiger partial charge in [-0.3, -0.25) is 4.98 Å². The van der Waals surface area contributed by atoms with E-state index in [1.807, 2.05) is 36.4 Å². The largest absolute Gasteiger partial charge is 0.486 e. The van der Waals surface area contributed by atoms with E-state index < -0.39 is 0 Å². The fourth-order valence-electron chi connectivity index (χ4n) is 1.87. The number of rotatable bonds is 5. The number of aliphatic hydroxyl groups excluding tert-OH is 1. The van der Waals surface area contributed by atoms with Gasteiger partial charge in [-0.05, 0) is 12.1 Å². The van der Waals surface area contributed by atoms with Gasteiger partial charge in [-0.2, -0.15) is 0 Å². The Labute approximate surface area is 121 Å². The van der Waals surface area contributed by atoms with E-state index in [1.165, 1.54) is 0 Å². The zero-order chi connectivity index (χ0) is 14.5. The van der Waals surface area contributed by atoms with E-state index >= 15 is 0 Å². The van der Waals surface area contributed by atoms with Crippen LogP contribution in [0.25, 0.3) is 11.3 Å². The average molecular weight is 282 g/mol. The highest BCUT2D eigenvalue weighted by molar-refractivity contribution is 5.56. The first-order valence-electron chi connectivity index (χ1n) is 6.55. The third-order valence-electron chi connectivity index (χ3n) is 2.96. The Morgan fingerprint density at radius 2 is 1.90 bits per heavy atom. The van der Waals surface area contributed by atoms with Gasteiger partial charge in [0.1, 0.15) is 18.1 Å². The van der Waals surface area contributed by atoms with Gasteiger partial charge < -0.3 is 14.4 Å². The molecule has 0 fully saturated rings. The fraction of sp³-hybridized carbons (Fsp3) is 0.125. The third-order valence-corrected chi connectivity index (χ3v) is 2.96. The van der Waals surface area contributed by atoms with Gasteiger partial charge in [0.25, 0.3) is 0 Å². The second-order valence-electron chi connectivity index (χ2n) is 4.48. The van der Waals surface area contributed by atoms with Crippen LogP contribution in [0.5, 0.6) is 5.75 Å². The average Bonchev–Trinajstić information content (AvgIpc) is 3.03. The van der Waals surface area contributed by atoms with Gasteiger partial charge in [-0.25, -0.2) is 0 Å². The molecule has 0 atom stereocenters. The van der Waals surface area contributed by atoms with E-state index in [9.17, 15) is 0 Å². The highest BCUT2D eigenvalue weighted by atomic mass is 16.5. The van der Waals surface area contributed by atoms with Crippen LogP contribution >= 0.6 is 0 Å². The molecule has 0 aliphatic heterocycles. The molecular weight excluding hydrogens is 268 g/mol. The summed E-state index contributed by atoms with van der Waals surface area (Å²) in [7, 11) is 0. The first-order valence-corrected chi connectivity index (χ1v) is 6.55. The summed E-state index contributed by atoms with van der Waals surface area (Å²) in [6, 6.07) is 15.1. The first kappa shape index (κ1) is 13.3. The van der Waals surface area contributed by atoms with Gasteiger partial charge in [0.05, 0.1) is 18.5 Å². The molecule has 21 heavy (non-hydrogen) atoms. The van der Waals surface area contributed by atoms with E-state index in [-0.39, 0.29) is 6.61 Å². The van der Waals surface area contributed by atoms with E-state index in [4.69, 9.17) is 14.4 Å². The minimum atomic E-state index is -0.0794. The van der Waals surface area contributed by atoms with Crippen LogP contribution in [-0.4, -0.2) is 15.2 Å². The Kier molecular flexibility index (Phi) is 3.93. The van der Waals surface area contributed by atoms with Crippen molar-refractivity contribution in [2.24, 2.45) is 0 Å². The van der Waals surface area contributed by atoms with Crippen molar-refractivity contribution in [3.05, 3.63) is 66.1 Å². The Bertz CT molecular complexity index is 693. The van der Waals surface area contributed by atoms with Crippen molar-refractivity contribution in [2.75, 3.05) is 0 Å². The molecule has 5 heteroatoms. The fourth-order valence-corrected chi connectivity index (χ4v) is 1.87. The molecule has 0 radical (unpaired) electrons. The Morgan fingerprint density at radius 1 is 1.05 bits per heavy atom. The molecule has 0 saturated carbocycles. The summed E-state index contributed by atoms with van der Waals surface area (Å²) in [6.07, 6.45) is 1.57. The van der Waals surface area contributed by atoms with Crippen LogP contribution in [0.15, 0.2) is 59.3 Å². The van der Waals surface area contributed by atoms with Gasteiger partial charge in [0, 0.05) is 11.6 Å². The predicted molar refractivity (Wildman–Crippen MR) is 76.4 cm³/mol. The summed E-state index contributed by atoms with van der Waals surface area (Å²) in [5.41, 5.74) is 2.29. The number of hydrogen-bond donors (Lipinski definition) is 1. The number of hydrogen-bond acceptors (Lipinski definition) is 5. The maximum absolute atomic E-state index is 8.92. The number of ether oxygens (including phenoxy) is 1. The molecule has 1 N–H and O–H groups in total. The van der Waals surface area contributed by atoms with E-state index in [2.05, 4.69) is 10.1 Å². The molecule has 2 heterocycles. The van der Waals surface area contributed by atoms with Crippen LogP contribution in [0.3, 0.4) is 0 Å². The summed E-state index contributed by atoms with van der Waals surface area (Å²) >= 11 is 0. The molecule has 3 aromatic rings. The lowest BCUT2D eigenvalue weighted by Gasteiger charge is -2.03. The lowest BCUT2D eigenvalue weighted by atomic mass is 10.2. The number of pyridine rings is 1. The summed E-state index contributed by atoms with van der Waals surface area (Å²) in [5.74, 6) is 1.33. The Hall–Kier alpha value is -2.66. The standard InChI is InChI=1S/C16H14N2O3/c19-10-13-6-7-15(9-17-13)20-11-14-8-16(21-18-14)12-4-2-1-3-5-12/h1-9,19H,10-11H2. The highest BCUT2D eigenvalue weighted by Gasteiger charge is 2.07. The lowest BCUT2D eigenvalue weighted by molar-refractivity contribution is 0.273. The third kappa shape index (κ3) is 3.27. The quantitative estimate of drug-likeness (QED) is 0.779. The molecule has 0 bridgehead atoms. The van der Waals surface area contributed by atoms with Crippen molar-refractivity contribution in [3.8, 4) is 17.1 Å². The maximum Gasteiger partial charge on any atom is 0.167 e. The SMILES string of the molecule is OCc1ccc(OCc2cc(-c3ccccc3)on2)cn1. The van der Waals surface area contributed by atoms with Crippen molar-refractivity contribution in [2.45, 2.75) is 13.2 Å². The van der Waals surface area contributed by atoms with Gasteiger partial charge in [0.2, 0.25) is 0 Å². The Balaban J connectivity index is 1.64. The number of aromatic nitrogens is 2. The minimum absolute atomic E-state index is 0.0794. The van der Waals surface area contributed by atoms with Crippen LogP contribution in [0.1, 0.15) is 11.4 Å². The summed E-state index contributed by atoms with van der Waals surface area (Å²) in [6.45, 7) is 0.223. The van der Waals surface area contributed by atoms with Crippen LogP contribution in [0, 0.1) is 0 Å². The molecular formula is C16H14N2O3. The smallest absolute Gasteiger partial charge is 0.167 e. The molecule has 0 spiro atoms. The normalized spacial score (nSPS) is 10.5. The van der Waals surface area contributed by atoms with Gasteiger partial charge in [0.15, 0.2) is 5.76 Å². The van der Waals surface area contributed by atoms with Crippen LogP contribution in [-0.2, 0) is 13.2 Å². The van der Waals surface area contributed by atoms with E-state index in [0.29, 0.717) is 29.5 Å². The van der Waals surface area contributed by atoms with Crippen LogP contribution < -0.4 is 4.74 Å². The molecule has 0 saturated heterocycles. The number of nitrogens with zero attached hydrogens (tertiary/aromatic N) is 2. The van der Waals surface area contributed by atoms with Crippen LogP contribution in [0.4, 0.5) is 0 Å². The van der Waals surface area contributed by atoms with Gasteiger partial charge in [-0.1, -0.05) is 35.5 Å². The number of aliphatic hydroxyl groups is 1. The van der Waals surface area contributed by atoms with Crippen molar-refractivity contribution in [1.29, 1.82) is 0 Å². The van der Waals surface area contributed by atoms with E-state index in [0.717, 1.165) is 5.56 Å². The zero-order valence-corrected chi connectivity index (χ0v) is 11.3.